The van der Waals surface area contributed by atoms with Crippen molar-refractivity contribution in [3.63, 3.8) is 0 Å². The van der Waals surface area contributed by atoms with Crippen LogP contribution in [0.2, 0.25) is 0 Å². The van der Waals surface area contributed by atoms with E-state index in [0.29, 0.717) is 5.92 Å². The van der Waals surface area contributed by atoms with Crippen molar-refractivity contribution in [1.29, 1.82) is 0 Å². The highest BCUT2D eigenvalue weighted by Crippen LogP contribution is 2.34. The summed E-state index contributed by atoms with van der Waals surface area (Å²) in [5.74, 6) is 2.28. The van der Waals surface area contributed by atoms with Crippen LogP contribution >= 0.6 is 15.9 Å². The number of hydrogen-bond acceptors (Lipinski definition) is 3. The maximum atomic E-state index is 5.37. The van der Waals surface area contributed by atoms with E-state index in [2.05, 4.69) is 41.2 Å². The summed E-state index contributed by atoms with van der Waals surface area (Å²) in [7, 11) is 3.34. The number of benzene rings is 1. The van der Waals surface area contributed by atoms with Gasteiger partial charge in [0.05, 0.1) is 14.2 Å². The number of aryl methyl sites for hydroxylation is 1. The molecule has 21 heavy (non-hydrogen) atoms. The van der Waals surface area contributed by atoms with Crippen LogP contribution in [-0.2, 0) is 6.42 Å². The van der Waals surface area contributed by atoms with Gasteiger partial charge in [0, 0.05) is 4.47 Å². The molecule has 1 atom stereocenters. The number of rotatable bonds is 10. The number of methoxy groups -OCH3 is 2. The van der Waals surface area contributed by atoms with Crippen molar-refractivity contribution < 1.29 is 9.47 Å². The predicted molar refractivity (Wildman–Crippen MR) is 92.5 cm³/mol. The monoisotopic (exact) mass is 357 g/mol. The van der Waals surface area contributed by atoms with Crippen molar-refractivity contribution in [2.24, 2.45) is 5.92 Å². The van der Waals surface area contributed by atoms with E-state index in [1.54, 1.807) is 14.2 Å². The van der Waals surface area contributed by atoms with Gasteiger partial charge in [0.2, 0.25) is 0 Å². The third-order valence-corrected chi connectivity index (χ3v) is 4.44. The zero-order valence-electron chi connectivity index (χ0n) is 13.7. The van der Waals surface area contributed by atoms with Gasteiger partial charge in [-0.15, -0.1) is 0 Å². The summed E-state index contributed by atoms with van der Waals surface area (Å²) < 4.78 is 11.8. The van der Waals surface area contributed by atoms with Crippen LogP contribution in [0.1, 0.15) is 38.7 Å². The molecule has 0 saturated heterocycles. The van der Waals surface area contributed by atoms with Gasteiger partial charge < -0.3 is 14.8 Å². The Kier molecular flexibility index (Phi) is 8.77. The minimum Gasteiger partial charge on any atom is -0.493 e. The van der Waals surface area contributed by atoms with Gasteiger partial charge in [0.15, 0.2) is 11.5 Å². The first-order chi connectivity index (χ1) is 10.1. The maximum absolute atomic E-state index is 5.37. The number of nitrogens with one attached hydrogen (secondary N) is 1. The Balaban J connectivity index is 2.51. The highest BCUT2D eigenvalue weighted by Gasteiger charge is 2.11. The van der Waals surface area contributed by atoms with Crippen LogP contribution in [-0.4, -0.2) is 27.3 Å². The number of hydrogen-bond donors (Lipinski definition) is 1. The second-order valence-electron chi connectivity index (χ2n) is 5.48. The summed E-state index contributed by atoms with van der Waals surface area (Å²) in [6.45, 7) is 6.75. The van der Waals surface area contributed by atoms with Gasteiger partial charge in [-0.2, -0.15) is 0 Å². The fraction of sp³-hybridized carbons (Fsp3) is 0.647. The molecule has 1 aromatic rings. The number of halogens is 1. The summed E-state index contributed by atoms with van der Waals surface area (Å²) in [6, 6.07) is 4.06. The first kappa shape index (κ1) is 18.3. The number of ether oxygens (including phenoxy) is 2. The minimum absolute atomic E-state index is 0.717. The van der Waals surface area contributed by atoms with E-state index < -0.39 is 0 Å². The molecule has 4 heteroatoms. The second-order valence-corrected chi connectivity index (χ2v) is 6.34. The average Bonchev–Trinajstić information content (AvgIpc) is 2.50. The molecule has 0 fully saturated rings. The lowest BCUT2D eigenvalue weighted by Gasteiger charge is -2.15. The molecule has 0 aliphatic rings. The summed E-state index contributed by atoms with van der Waals surface area (Å²) >= 11 is 3.63. The first-order valence-corrected chi connectivity index (χ1v) is 8.52. The van der Waals surface area contributed by atoms with E-state index in [9.17, 15) is 0 Å². The maximum Gasteiger partial charge on any atom is 0.161 e. The fourth-order valence-electron chi connectivity index (χ4n) is 2.28. The summed E-state index contributed by atoms with van der Waals surface area (Å²) in [5.41, 5.74) is 1.28. The Labute approximate surface area is 137 Å². The highest BCUT2D eigenvalue weighted by molar-refractivity contribution is 9.10. The SMILES string of the molecule is CCCNCCC(C)CCc1cc(OC)c(OC)cc1Br. The van der Waals surface area contributed by atoms with Crippen LogP contribution in [0.15, 0.2) is 16.6 Å². The molecule has 3 nitrogen and oxygen atoms in total. The van der Waals surface area contributed by atoms with Gasteiger partial charge in [-0.05, 0) is 62.4 Å². The topological polar surface area (TPSA) is 30.5 Å². The van der Waals surface area contributed by atoms with Crippen LogP contribution in [0.25, 0.3) is 0 Å². The van der Waals surface area contributed by atoms with Crippen molar-refractivity contribution >= 4 is 15.9 Å². The molecule has 1 aromatic carbocycles. The van der Waals surface area contributed by atoms with Crippen LogP contribution in [0.5, 0.6) is 11.5 Å². The third-order valence-electron chi connectivity index (χ3n) is 3.70. The normalized spacial score (nSPS) is 12.2. The van der Waals surface area contributed by atoms with Gasteiger partial charge in [0.1, 0.15) is 0 Å². The van der Waals surface area contributed by atoms with Crippen molar-refractivity contribution in [1.82, 2.24) is 5.32 Å². The molecule has 1 N–H and O–H groups in total. The Morgan fingerprint density at radius 1 is 1.10 bits per heavy atom. The van der Waals surface area contributed by atoms with Crippen molar-refractivity contribution in [2.75, 3.05) is 27.3 Å². The molecule has 0 bridgehead atoms. The van der Waals surface area contributed by atoms with E-state index in [0.717, 1.165) is 35.5 Å². The first-order valence-electron chi connectivity index (χ1n) is 7.73. The van der Waals surface area contributed by atoms with Gasteiger partial charge >= 0.3 is 0 Å². The van der Waals surface area contributed by atoms with Crippen LogP contribution in [0.3, 0.4) is 0 Å². The molecule has 0 radical (unpaired) electrons. The molecular formula is C17H28BrNO2. The van der Waals surface area contributed by atoms with Gasteiger partial charge in [-0.25, -0.2) is 0 Å². The Morgan fingerprint density at radius 2 is 1.76 bits per heavy atom. The summed E-state index contributed by atoms with van der Waals surface area (Å²) in [4.78, 5) is 0. The molecule has 120 valence electrons. The van der Waals surface area contributed by atoms with E-state index in [1.165, 1.54) is 24.8 Å². The molecule has 0 saturated carbocycles. The molecule has 0 aliphatic carbocycles. The third kappa shape index (κ3) is 6.27. The Hall–Kier alpha value is -0.740. The van der Waals surface area contributed by atoms with Crippen molar-refractivity contribution in [2.45, 2.75) is 39.5 Å². The molecule has 0 aliphatic heterocycles. The highest BCUT2D eigenvalue weighted by atomic mass is 79.9. The molecule has 1 rings (SSSR count). The summed E-state index contributed by atoms with van der Waals surface area (Å²) in [6.07, 6.45) is 4.66. The van der Waals surface area contributed by atoms with Gasteiger partial charge in [-0.3, -0.25) is 0 Å². The van der Waals surface area contributed by atoms with E-state index >= 15 is 0 Å². The van der Waals surface area contributed by atoms with Crippen molar-refractivity contribution in [3.05, 3.63) is 22.2 Å². The molecule has 0 aromatic heterocycles. The predicted octanol–water partition coefficient (Wildman–Crippen LogP) is 4.42. The molecule has 0 spiro atoms. The summed E-state index contributed by atoms with van der Waals surface area (Å²) in [5, 5.41) is 3.46. The van der Waals surface area contributed by atoms with E-state index in [4.69, 9.17) is 9.47 Å². The van der Waals surface area contributed by atoms with Crippen LogP contribution < -0.4 is 14.8 Å². The zero-order valence-corrected chi connectivity index (χ0v) is 15.3. The molecular weight excluding hydrogens is 330 g/mol. The second kappa shape index (κ2) is 10.1. The van der Waals surface area contributed by atoms with Gasteiger partial charge in [0.25, 0.3) is 0 Å². The largest absolute Gasteiger partial charge is 0.493 e. The van der Waals surface area contributed by atoms with Gasteiger partial charge in [-0.1, -0.05) is 29.8 Å². The average molecular weight is 358 g/mol. The lowest BCUT2D eigenvalue weighted by molar-refractivity contribution is 0.354. The lowest BCUT2D eigenvalue weighted by atomic mass is 9.98. The quantitative estimate of drug-likeness (QED) is 0.628. The van der Waals surface area contributed by atoms with E-state index in [-0.39, 0.29) is 0 Å². The zero-order chi connectivity index (χ0) is 15.7. The smallest absolute Gasteiger partial charge is 0.161 e. The fourth-order valence-corrected chi connectivity index (χ4v) is 2.80. The Morgan fingerprint density at radius 3 is 2.38 bits per heavy atom. The minimum atomic E-state index is 0.717. The van der Waals surface area contributed by atoms with E-state index in [1.807, 2.05) is 6.07 Å². The molecule has 1 unspecified atom stereocenters. The lowest BCUT2D eigenvalue weighted by Crippen LogP contribution is -2.18. The Bertz CT molecular complexity index is 423. The van der Waals surface area contributed by atoms with Crippen LogP contribution in [0.4, 0.5) is 0 Å². The standard InChI is InChI=1S/C17H28BrNO2/c1-5-9-19-10-8-13(2)6-7-14-11-16(20-3)17(21-4)12-15(14)18/h11-13,19H,5-10H2,1-4H3. The molecule has 0 heterocycles. The van der Waals surface area contributed by atoms with Crippen molar-refractivity contribution in [3.8, 4) is 11.5 Å². The van der Waals surface area contributed by atoms with Crippen LogP contribution in [0, 0.1) is 5.92 Å². The molecule has 0 amide bonds.